The summed E-state index contributed by atoms with van der Waals surface area (Å²) in [5.74, 6) is 0.294. The summed E-state index contributed by atoms with van der Waals surface area (Å²) in [5, 5.41) is 14.8. The first kappa shape index (κ1) is 20.5. The summed E-state index contributed by atoms with van der Waals surface area (Å²) >= 11 is 6.15. The number of methoxy groups -OCH3 is 1. The molecular weight excluding hydrogens is 402 g/mol. The predicted octanol–water partition coefficient (Wildman–Crippen LogP) is 5.50. The van der Waals surface area contributed by atoms with Gasteiger partial charge in [0, 0.05) is 22.4 Å². The van der Waals surface area contributed by atoms with Gasteiger partial charge in [0.1, 0.15) is 12.2 Å². The van der Waals surface area contributed by atoms with E-state index in [0.29, 0.717) is 23.3 Å². The zero-order valence-electron chi connectivity index (χ0n) is 16.8. The monoisotopic (exact) mass is 425 g/mol. The average Bonchev–Trinajstić information content (AvgIpc) is 3.64. The summed E-state index contributed by atoms with van der Waals surface area (Å²) in [6.45, 7) is 0.204. The highest BCUT2D eigenvalue weighted by molar-refractivity contribution is 6.30. The summed E-state index contributed by atoms with van der Waals surface area (Å²) in [7, 11) is 1.43. The van der Waals surface area contributed by atoms with Gasteiger partial charge >= 0.3 is 5.97 Å². The zero-order valence-corrected chi connectivity index (χ0v) is 17.5. The Morgan fingerprint density at radius 2 is 2.03 bits per heavy atom. The van der Waals surface area contributed by atoms with Crippen molar-refractivity contribution in [1.82, 2.24) is 0 Å². The van der Waals surface area contributed by atoms with Gasteiger partial charge < -0.3 is 14.7 Å². The van der Waals surface area contributed by atoms with E-state index in [-0.39, 0.29) is 12.2 Å². The number of hydrogen-bond acceptors (Lipinski definition) is 4. The SMILES string of the molecule is CO/C=C(/C(=O)O)c1ccccc1CON=C(C1CC1)[C@@H]1C[C@H]1c1cccc(Cl)c1. The predicted molar refractivity (Wildman–Crippen MR) is 116 cm³/mol. The van der Waals surface area contributed by atoms with Crippen LogP contribution >= 0.6 is 11.6 Å². The van der Waals surface area contributed by atoms with Crippen molar-refractivity contribution in [3.05, 3.63) is 76.5 Å². The first-order valence-electron chi connectivity index (χ1n) is 10.1. The number of halogens is 1. The molecule has 2 aromatic carbocycles. The van der Waals surface area contributed by atoms with Crippen LogP contribution in [-0.2, 0) is 21.0 Å². The lowest BCUT2D eigenvalue weighted by atomic mass is 10.0. The summed E-state index contributed by atoms with van der Waals surface area (Å²) in [5.41, 5.74) is 3.79. The lowest BCUT2D eigenvalue weighted by Gasteiger charge is -2.10. The van der Waals surface area contributed by atoms with Crippen LogP contribution in [0.25, 0.3) is 5.57 Å². The number of carbonyl (C=O) groups is 1. The standard InChI is InChI=1S/C24H24ClNO4/c1-29-14-22(24(27)28)19-8-3-2-5-17(19)13-30-26-23(15-9-10-15)21-12-20(21)16-6-4-7-18(25)11-16/h2-8,11,14-15,20-21H,9-10,12-13H2,1H3,(H,27,28)/b22-14+,26-23?/t20-,21+/m0/s1. The summed E-state index contributed by atoms with van der Waals surface area (Å²) < 4.78 is 4.94. The van der Waals surface area contributed by atoms with Crippen molar-refractivity contribution < 1.29 is 19.5 Å². The molecule has 156 valence electrons. The maximum Gasteiger partial charge on any atom is 0.339 e. The number of carboxylic acids is 1. The fourth-order valence-electron chi connectivity index (χ4n) is 3.88. The van der Waals surface area contributed by atoms with Crippen LogP contribution in [0.15, 0.2) is 59.9 Å². The van der Waals surface area contributed by atoms with Gasteiger partial charge in [-0.2, -0.15) is 0 Å². The highest BCUT2D eigenvalue weighted by Crippen LogP contribution is 2.53. The molecule has 2 aromatic rings. The van der Waals surface area contributed by atoms with Crippen LogP contribution in [0, 0.1) is 11.8 Å². The van der Waals surface area contributed by atoms with Crippen LogP contribution < -0.4 is 0 Å². The van der Waals surface area contributed by atoms with E-state index in [1.807, 2.05) is 30.3 Å². The second kappa shape index (κ2) is 8.92. The van der Waals surface area contributed by atoms with E-state index in [9.17, 15) is 9.90 Å². The second-order valence-corrected chi connectivity index (χ2v) is 8.23. The van der Waals surface area contributed by atoms with Crippen molar-refractivity contribution in [2.75, 3.05) is 7.11 Å². The molecular formula is C24H24ClNO4. The number of carboxylic acid groups (broad SMARTS) is 1. The molecule has 30 heavy (non-hydrogen) atoms. The molecule has 2 aliphatic carbocycles. The van der Waals surface area contributed by atoms with E-state index in [1.165, 1.54) is 18.9 Å². The molecule has 5 nitrogen and oxygen atoms in total. The van der Waals surface area contributed by atoms with Crippen LogP contribution in [0.3, 0.4) is 0 Å². The van der Waals surface area contributed by atoms with E-state index in [4.69, 9.17) is 21.2 Å². The van der Waals surface area contributed by atoms with Crippen molar-refractivity contribution in [1.29, 1.82) is 0 Å². The van der Waals surface area contributed by atoms with Crippen LogP contribution in [-0.4, -0.2) is 23.9 Å². The molecule has 0 aliphatic heterocycles. The van der Waals surface area contributed by atoms with Gasteiger partial charge in [-0.25, -0.2) is 4.79 Å². The minimum Gasteiger partial charge on any atom is -0.503 e. The zero-order chi connectivity index (χ0) is 21.1. The van der Waals surface area contributed by atoms with Gasteiger partial charge in [0.25, 0.3) is 0 Å². The molecule has 2 aliphatic rings. The van der Waals surface area contributed by atoms with Crippen molar-refractivity contribution in [3.8, 4) is 0 Å². The van der Waals surface area contributed by atoms with Crippen molar-refractivity contribution >= 4 is 28.9 Å². The highest BCUT2D eigenvalue weighted by atomic mass is 35.5. The second-order valence-electron chi connectivity index (χ2n) is 7.80. The first-order chi connectivity index (χ1) is 14.6. The van der Waals surface area contributed by atoms with Crippen LogP contribution in [0.4, 0.5) is 0 Å². The van der Waals surface area contributed by atoms with Gasteiger partial charge in [-0.1, -0.05) is 53.2 Å². The number of nitrogens with zero attached hydrogens (tertiary/aromatic N) is 1. The molecule has 0 bridgehead atoms. The van der Waals surface area contributed by atoms with Crippen molar-refractivity contribution in [3.63, 3.8) is 0 Å². The quantitative estimate of drug-likeness (QED) is 0.249. The lowest BCUT2D eigenvalue weighted by molar-refractivity contribution is -0.130. The van der Waals surface area contributed by atoms with E-state index in [2.05, 4.69) is 11.2 Å². The van der Waals surface area contributed by atoms with Gasteiger partial charge in [0.2, 0.25) is 0 Å². The molecule has 2 fully saturated rings. The van der Waals surface area contributed by atoms with E-state index in [0.717, 1.165) is 35.6 Å². The van der Waals surface area contributed by atoms with E-state index < -0.39 is 5.97 Å². The lowest BCUT2D eigenvalue weighted by Crippen LogP contribution is -2.08. The minimum atomic E-state index is -1.05. The number of hydrogen-bond donors (Lipinski definition) is 1. The molecule has 2 atom stereocenters. The molecule has 2 saturated carbocycles. The van der Waals surface area contributed by atoms with Crippen LogP contribution in [0.5, 0.6) is 0 Å². The Bertz CT molecular complexity index is 996. The van der Waals surface area contributed by atoms with Gasteiger partial charge in [0.05, 0.1) is 19.1 Å². The fraction of sp³-hybridized carbons (Fsp3) is 0.333. The normalized spacial score (nSPS) is 21.3. The Morgan fingerprint density at radius 1 is 1.23 bits per heavy atom. The number of aliphatic carboxylic acids is 1. The Kier molecular flexibility index (Phi) is 6.09. The Hall–Kier alpha value is -2.79. The molecule has 0 unspecified atom stereocenters. The molecule has 0 radical (unpaired) electrons. The molecule has 0 amide bonds. The number of oxime groups is 1. The molecule has 4 rings (SSSR count). The summed E-state index contributed by atoms with van der Waals surface area (Å²) in [6, 6.07) is 15.3. The third-order valence-electron chi connectivity index (χ3n) is 5.61. The molecule has 0 spiro atoms. The van der Waals surface area contributed by atoms with E-state index in [1.54, 1.807) is 12.1 Å². The largest absolute Gasteiger partial charge is 0.503 e. The van der Waals surface area contributed by atoms with Crippen molar-refractivity contribution in [2.24, 2.45) is 17.0 Å². The summed E-state index contributed by atoms with van der Waals surface area (Å²) in [4.78, 5) is 17.3. The first-order valence-corrected chi connectivity index (χ1v) is 10.5. The van der Waals surface area contributed by atoms with Gasteiger partial charge in [-0.3, -0.25) is 0 Å². The fourth-order valence-corrected chi connectivity index (χ4v) is 4.08. The maximum atomic E-state index is 11.6. The maximum absolute atomic E-state index is 11.6. The molecule has 0 heterocycles. The number of ether oxygens (including phenoxy) is 1. The Labute approximate surface area is 181 Å². The minimum absolute atomic E-state index is 0.0892. The molecule has 0 aromatic heterocycles. The molecule has 1 N–H and O–H groups in total. The third kappa shape index (κ3) is 4.68. The highest BCUT2D eigenvalue weighted by Gasteiger charge is 2.47. The van der Waals surface area contributed by atoms with Gasteiger partial charge in [-0.05, 0) is 48.4 Å². The Morgan fingerprint density at radius 3 is 2.73 bits per heavy atom. The molecule has 6 heteroatoms. The molecule has 0 saturated heterocycles. The van der Waals surface area contributed by atoms with Crippen molar-refractivity contribution in [2.45, 2.75) is 31.8 Å². The van der Waals surface area contributed by atoms with Crippen LogP contribution in [0.2, 0.25) is 5.02 Å². The number of rotatable bonds is 9. The smallest absolute Gasteiger partial charge is 0.339 e. The van der Waals surface area contributed by atoms with E-state index >= 15 is 0 Å². The van der Waals surface area contributed by atoms with Gasteiger partial charge in [0.15, 0.2) is 0 Å². The topological polar surface area (TPSA) is 68.1 Å². The summed E-state index contributed by atoms with van der Waals surface area (Å²) in [6.07, 6.45) is 4.60. The van der Waals surface area contributed by atoms with Crippen LogP contribution in [0.1, 0.15) is 41.9 Å². The van der Waals surface area contributed by atoms with Gasteiger partial charge in [-0.15, -0.1) is 0 Å². The third-order valence-corrected chi connectivity index (χ3v) is 5.84. The Balaban J connectivity index is 1.47. The average molecular weight is 426 g/mol. The number of benzene rings is 2.